The summed E-state index contributed by atoms with van der Waals surface area (Å²) in [5, 5.41) is 12.2. The number of nitriles is 1. The Bertz CT molecular complexity index is 897. The molecule has 1 aliphatic heterocycles. The van der Waals surface area contributed by atoms with E-state index in [1.165, 1.54) is 0 Å². The molecule has 2 aromatic carbocycles. The van der Waals surface area contributed by atoms with Crippen molar-refractivity contribution in [1.82, 2.24) is 16.2 Å². The lowest BCUT2D eigenvalue weighted by Gasteiger charge is -2.12. The maximum absolute atomic E-state index is 11.8. The fourth-order valence-corrected chi connectivity index (χ4v) is 2.39. The smallest absolute Gasteiger partial charge is 0.276 e. The number of nitrogens with one attached hydrogen (secondary N) is 3. The Morgan fingerprint density at radius 2 is 2.00 bits per heavy atom. The second-order valence-electron chi connectivity index (χ2n) is 5.44. The third-order valence-corrected chi connectivity index (χ3v) is 3.82. The van der Waals surface area contributed by atoms with Crippen LogP contribution in [0.25, 0.3) is 0 Å². The summed E-state index contributed by atoms with van der Waals surface area (Å²) in [7, 11) is 0. The first-order chi connectivity index (χ1) is 13.2. The lowest BCUT2D eigenvalue weighted by Crippen LogP contribution is -2.48. The fraction of sp³-hybridized carbons (Fsp3) is 0.167. The van der Waals surface area contributed by atoms with Gasteiger partial charge in [0.25, 0.3) is 5.91 Å². The zero-order valence-corrected chi connectivity index (χ0v) is 15.0. The van der Waals surface area contributed by atoms with E-state index in [2.05, 4.69) is 16.2 Å². The minimum absolute atomic E-state index is 0.221. The predicted molar refractivity (Wildman–Crippen MR) is 99.9 cm³/mol. The van der Waals surface area contributed by atoms with Crippen LogP contribution in [-0.4, -0.2) is 24.4 Å². The average Bonchev–Trinajstić information content (AvgIpc) is 3.17. The lowest BCUT2D eigenvalue weighted by atomic mass is 10.2. The highest BCUT2D eigenvalue weighted by atomic mass is 32.1. The minimum Gasteiger partial charge on any atom is -0.482 e. The van der Waals surface area contributed by atoms with Crippen LogP contribution < -0.4 is 30.4 Å². The summed E-state index contributed by atoms with van der Waals surface area (Å²) in [4.78, 5) is 11.8. The molecule has 0 aromatic heterocycles. The van der Waals surface area contributed by atoms with Crippen LogP contribution in [0, 0.1) is 11.3 Å². The number of ether oxygens (including phenoxy) is 3. The Hall–Kier alpha value is -3.51. The van der Waals surface area contributed by atoms with E-state index in [9.17, 15) is 4.79 Å². The number of thiocarbonyl (C=S) groups is 1. The quantitative estimate of drug-likeness (QED) is 0.524. The van der Waals surface area contributed by atoms with E-state index in [1.807, 2.05) is 24.3 Å². The summed E-state index contributed by atoms with van der Waals surface area (Å²) in [6, 6.07) is 14.3. The van der Waals surface area contributed by atoms with Crippen LogP contribution in [0.15, 0.2) is 42.5 Å². The van der Waals surface area contributed by atoms with Crippen molar-refractivity contribution in [3.05, 3.63) is 53.6 Å². The first-order valence-corrected chi connectivity index (χ1v) is 8.39. The topological polar surface area (TPSA) is 105 Å². The zero-order valence-electron chi connectivity index (χ0n) is 14.2. The summed E-state index contributed by atoms with van der Waals surface area (Å²) in [6.45, 7) is 0.417. The number of carbonyl (C=O) groups excluding carboxylic acids is 1. The Morgan fingerprint density at radius 1 is 1.19 bits per heavy atom. The van der Waals surface area contributed by atoms with Gasteiger partial charge >= 0.3 is 0 Å². The van der Waals surface area contributed by atoms with E-state index < -0.39 is 5.91 Å². The normalized spacial score (nSPS) is 11.2. The zero-order chi connectivity index (χ0) is 19.1. The number of fused-ring (bicyclic) bond motifs is 1. The van der Waals surface area contributed by atoms with Crippen molar-refractivity contribution in [3.63, 3.8) is 0 Å². The molecule has 2 aromatic rings. The van der Waals surface area contributed by atoms with E-state index in [-0.39, 0.29) is 18.5 Å². The van der Waals surface area contributed by atoms with Gasteiger partial charge in [0.2, 0.25) is 6.79 Å². The molecule has 8 nitrogen and oxygen atoms in total. The Labute approximate surface area is 161 Å². The molecule has 0 saturated carbocycles. The molecular weight excluding hydrogens is 368 g/mol. The molecule has 0 bridgehead atoms. The van der Waals surface area contributed by atoms with Crippen molar-refractivity contribution < 1.29 is 19.0 Å². The van der Waals surface area contributed by atoms with Crippen LogP contribution in [0.2, 0.25) is 0 Å². The molecule has 0 atom stereocenters. The number of hydrogen-bond acceptors (Lipinski definition) is 6. The van der Waals surface area contributed by atoms with Crippen LogP contribution in [0.1, 0.15) is 11.1 Å². The second kappa shape index (κ2) is 8.73. The van der Waals surface area contributed by atoms with Crippen molar-refractivity contribution in [2.75, 3.05) is 13.4 Å². The molecule has 27 heavy (non-hydrogen) atoms. The molecule has 3 rings (SSSR count). The van der Waals surface area contributed by atoms with Gasteiger partial charge in [-0.05, 0) is 42.0 Å². The number of hydrogen-bond donors (Lipinski definition) is 3. The van der Waals surface area contributed by atoms with Gasteiger partial charge in [0.1, 0.15) is 11.8 Å². The third-order valence-electron chi connectivity index (χ3n) is 3.57. The van der Waals surface area contributed by atoms with Crippen LogP contribution in [0.3, 0.4) is 0 Å². The van der Waals surface area contributed by atoms with Gasteiger partial charge in [0, 0.05) is 6.54 Å². The molecule has 0 unspecified atom stereocenters. The second-order valence-corrected chi connectivity index (χ2v) is 5.85. The molecule has 9 heteroatoms. The van der Waals surface area contributed by atoms with Gasteiger partial charge < -0.3 is 19.5 Å². The van der Waals surface area contributed by atoms with Crippen LogP contribution in [0.4, 0.5) is 0 Å². The van der Waals surface area contributed by atoms with E-state index in [0.717, 1.165) is 5.56 Å². The van der Waals surface area contributed by atoms with Crippen LogP contribution in [0.5, 0.6) is 17.2 Å². The SMILES string of the molecule is N#Cc1ccccc1OCC(=O)NNC(=S)NCc1ccc2c(c1)OCO2. The van der Waals surface area contributed by atoms with Crippen LogP contribution in [-0.2, 0) is 11.3 Å². The fourth-order valence-electron chi connectivity index (χ4n) is 2.27. The van der Waals surface area contributed by atoms with Gasteiger partial charge in [-0.15, -0.1) is 0 Å². The first-order valence-electron chi connectivity index (χ1n) is 7.99. The predicted octanol–water partition coefficient (Wildman–Crippen LogP) is 1.36. The largest absolute Gasteiger partial charge is 0.482 e. The summed E-state index contributed by atoms with van der Waals surface area (Å²) < 4.78 is 15.9. The van der Waals surface area contributed by atoms with Crippen molar-refractivity contribution in [2.24, 2.45) is 0 Å². The first kappa shape index (κ1) is 18.3. The van der Waals surface area contributed by atoms with Crippen LogP contribution >= 0.6 is 12.2 Å². The van der Waals surface area contributed by atoms with E-state index in [4.69, 9.17) is 31.7 Å². The van der Waals surface area contributed by atoms with E-state index >= 15 is 0 Å². The van der Waals surface area contributed by atoms with Crippen molar-refractivity contribution in [1.29, 1.82) is 5.26 Å². The van der Waals surface area contributed by atoms with Crippen molar-refractivity contribution >= 4 is 23.2 Å². The number of rotatable bonds is 5. The third kappa shape index (κ3) is 4.99. The van der Waals surface area contributed by atoms with E-state index in [1.54, 1.807) is 24.3 Å². The molecule has 3 N–H and O–H groups in total. The molecule has 0 radical (unpaired) electrons. The van der Waals surface area contributed by atoms with Gasteiger partial charge in [0.05, 0.1) is 5.56 Å². The number of nitrogens with zero attached hydrogens (tertiary/aromatic N) is 1. The minimum atomic E-state index is -0.435. The maximum atomic E-state index is 11.8. The highest BCUT2D eigenvalue weighted by Gasteiger charge is 2.13. The number of hydrazine groups is 1. The Kier molecular flexibility index (Phi) is 5.91. The Morgan fingerprint density at radius 3 is 2.85 bits per heavy atom. The molecule has 0 spiro atoms. The Balaban J connectivity index is 1.38. The maximum Gasteiger partial charge on any atom is 0.276 e. The molecule has 0 fully saturated rings. The average molecular weight is 384 g/mol. The van der Waals surface area contributed by atoms with Gasteiger partial charge in [-0.2, -0.15) is 5.26 Å². The standard InChI is InChI=1S/C18H16N4O4S/c19-8-13-3-1-2-4-14(13)24-10-17(23)21-22-18(27)20-9-12-5-6-15-16(7-12)26-11-25-15/h1-7H,9-11H2,(H,21,23)(H2,20,22,27). The number of benzene rings is 2. The molecular formula is C18H16N4O4S. The monoisotopic (exact) mass is 384 g/mol. The molecule has 1 heterocycles. The van der Waals surface area contributed by atoms with Gasteiger partial charge in [0.15, 0.2) is 23.2 Å². The highest BCUT2D eigenvalue weighted by molar-refractivity contribution is 7.80. The summed E-state index contributed by atoms with van der Waals surface area (Å²) in [6.07, 6.45) is 0. The van der Waals surface area contributed by atoms with E-state index in [0.29, 0.717) is 29.4 Å². The van der Waals surface area contributed by atoms with Gasteiger partial charge in [-0.3, -0.25) is 15.6 Å². The lowest BCUT2D eigenvalue weighted by molar-refractivity contribution is -0.123. The highest BCUT2D eigenvalue weighted by Crippen LogP contribution is 2.32. The summed E-state index contributed by atoms with van der Waals surface area (Å²) in [5.74, 6) is 1.31. The molecule has 1 amide bonds. The summed E-state index contributed by atoms with van der Waals surface area (Å²) >= 11 is 5.11. The van der Waals surface area contributed by atoms with Gasteiger partial charge in [-0.1, -0.05) is 18.2 Å². The number of carbonyl (C=O) groups is 1. The van der Waals surface area contributed by atoms with Gasteiger partial charge in [-0.25, -0.2) is 0 Å². The molecule has 0 saturated heterocycles. The molecule has 1 aliphatic rings. The molecule has 0 aliphatic carbocycles. The number of para-hydroxylation sites is 1. The van der Waals surface area contributed by atoms with Crippen molar-refractivity contribution in [2.45, 2.75) is 6.54 Å². The van der Waals surface area contributed by atoms with Crippen molar-refractivity contribution in [3.8, 4) is 23.3 Å². The summed E-state index contributed by atoms with van der Waals surface area (Å²) in [5.41, 5.74) is 6.32. The molecule has 138 valence electrons. The number of amides is 1.